The third-order valence-electron chi connectivity index (χ3n) is 3.47. The van der Waals surface area contributed by atoms with Gasteiger partial charge in [0, 0.05) is 6.61 Å². The highest BCUT2D eigenvalue weighted by Crippen LogP contribution is 2.39. The summed E-state index contributed by atoms with van der Waals surface area (Å²) in [6.45, 7) is 2.99. The Kier molecular flexibility index (Phi) is 5.22. The van der Waals surface area contributed by atoms with Crippen LogP contribution < -0.4 is 0 Å². The van der Waals surface area contributed by atoms with Gasteiger partial charge in [-0.15, -0.1) is 0 Å². The van der Waals surface area contributed by atoms with Crippen LogP contribution in [0.3, 0.4) is 0 Å². The van der Waals surface area contributed by atoms with Crippen molar-refractivity contribution in [2.24, 2.45) is 0 Å². The van der Waals surface area contributed by atoms with Gasteiger partial charge >= 0.3 is 0 Å². The molecule has 2 saturated heterocycles. The van der Waals surface area contributed by atoms with Crippen LogP contribution in [-0.4, -0.2) is 42.9 Å². The van der Waals surface area contributed by atoms with Crippen LogP contribution in [0, 0.1) is 0 Å². The van der Waals surface area contributed by atoms with Crippen molar-refractivity contribution in [1.29, 1.82) is 0 Å². The maximum atomic E-state index is 9.01. The van der Waals surface area contributed by atoms with Gasteiger partial charge in [-0.2, -0.15) is 0 Å². The summed E-state index contributed by atoms with van der Waals surface area (Å²) >= 11 is 0. The first kappa shape index (κ1) is 13.3. The van der Waals surface area contributed by atoms with Crippen LogP contribution >= 0.6 is 0 Å². The normalized spacial score (nSPS) is 34.9. The van der Waals surface area contributed by atoms with Crippen LogP contribution in [0.5, 0.6) is 0 Å². The largest absolute Gasteiger partial charge is 0.394 e. The van der Waals surface area contributed by atoms with Gasteiger partial charge in [-0.25, -0.2) is 0 Å². The van der Waals surface area contributed by atoms with E-state index in [1.165, 1.54) is 32.1 Å². The fourth-order valence-corrected chi connectivity index (χ4v) is 2.34. The molecule has 2 aliphatic heterocycles. The molecule has 17 heavy (non-hydrogen) atoms. The third kappa shape index (κ3) is 3.65. The minimum Gasteiger partial charge on any atom is -0.394 e. The van der Waals surface area contributed by atoms with Gasteiger partial charge in [0.25, 0.3) is 0 Å². The number of hydrogen-bond donors (Lipinski definition) is 1. The molecule has 0 aliphatic carbocycles. The number of unbranched alkanes of at least 4 members (excludes halogenated alkanes) is 5. The van der Waals surface area contributed by atoms with Gasteiger partial charge in [0.05, 0.1) is 6.61 Å². The molecule has 2 aliphatic rings. The molecule has 0 bridgehead atoms. The molecule has 0 spiro atoms. The van der Waals surface area contributed by atoms with Crippen LogP contribution in [0.15, 0.2) is 0 Å². The lowest BCUT2D eigenvalue weighted by molar-refractivity contribution is -0.180. The van der Waals surface area contributed by atoms with E-state index in [2.05, 4.69) is 6.92 Å². The van der Waals surface area contributed by atoms with Gasteiger partial charge in [-0.1, -0.05) is 39.0 Å². The summed E-state index contributed by atoms with van der Waals surface area (Å²) in [5.74, 6) is 0. The molecular weight excluding hydrogens is 220 g/mol. The molecule has 0 aromatic carbocycles. The van der Waals surface area contributed by atoms with Crippen molar-refractivity contribution < 1.29 is 19.3 Å². The average molecular weight is 244 g/mol. The van der Waals surface area contributed by atoms with Crippen LogP contribution in [0.1, 0.15) is 45.4 Å². The van der Waals surface area contributed by atoms with E-state index in [1.54, 1.807) is 0 Å². The standard InChI is InChI=1S/C13H24O4/c1-2-3-4-5-6-7-8-15-13-12-11(17-12)10(9-14)16-13/h10-14H,2-9H2,1H3/t10-,11+,12+,13+/m1/s1. The van der Waals surface area contributed by atoms with Gasteiger partial charge in [-0.3, -0.25) is 0 Å². The number of rotatable bonds is 9. The molecule has 2 fully saturated rings. The van der Waals surface area contributed by atoms with E-state index in [0.717, 1.165) is 13.0 Å². The molecule has 4 atom stereocenters. The number of aliphatic hydroxyl groups is 1. The van der Waals surface area contributed by atoms with E-state index in [-0.39, 0.29) is 31.2 Å². The number of ether oxygens (including phenoxy) is 3. The fourth-order valence-electron chi connectivity index (χ4n) is 2.34. The molecular formula is C13H24O4. The van der Waals surface area contributed by atoms with Crippen LogP contribution in [-0.2, 0) is 14.2 Å². The van der Waals surface area contributed by atoms with E-state index in [9.17, 15) is 0 Å². The van der Waals surface area contributed by atoms with Crippen molar-refractivity contribution in [3.05, 3.63) is 0 Å². The summed E-state index contributed by atoms with van der Waals surface area (Å²) in [4.78, 5) is 0. The quantitative estimate of drug-likeness (QED) is 0.497. The second kappa shape index (κ2) is 6.69. The van der Waals surface area contributed by atoms with Crippen LogP contribution in [0.2, 0.25) is 0 Å². The Morgan fingerprint density at radius 1 is 1.00 bits per heavy atom. The molecule has 100 valence electrons. The third-order valence-corrected chi connectivity index (χ3v) is 3.47. The Morgan fingerprint density at radius 2 is 1.76 bits per heavy atom. The number of epoxide rings is 1. The van der Waals surface area contributed by atoms with Crippen molar-refractivity contribution >= 4 is 0 Å². The van der Waals surface area contributed by atoms with E-state index in [0.29, 0.717) is 0 Å². The first-order valence-corrected chi connectivity index (χ1v) is 6.90. The molecule has 4 heteroatoms. The first-order chi connectivity index (χ1) is 8.36. The highest BCUT2D eigenvalue weighted by atomic mass is 16.8. The first-order valence-electron chi connectivity index (χ1n) is 6.90. The van der Waals surface area contributed by atoms with Gasteiger partial charge in [0.15, 0.2) is 6.29 Å². The Hall–Kier alpha value is -0.160. The number of aliphatic hydroxyl groups excluding tert-OH is 1. The van der Waals surface area contributed by atoms with Crippen molar-refractivity contribution in [3.8, 4) is 0 Å². The smallest absolute Gasteiger partial charge is 0.186 e. The molecule has 2 heterocycles. The lowest BCUT2D eigenvalue weighted by Gasteiger charge is -2.16. The van der Waals surface area contributed by atoms with Gasteiger partial charge in [0.2, 0.25) is 0 Å². The molecule has 4 nitrogen and oxygen atoms in total. The molecule has 0 aromatic rings. The van der Waals surface area contributed by atoms with E-state index < -0.39 is 0 Å². The molecule has 0 radical (unpaired) electrons. The van der Waals surface area contributed by atoms with Gasteiger partial charge in [-0.05, 0) is 6.42 Å². The zero-order valence-corrected chi connectivity index (χ0v) is 10.6. The number of fused-ring (bicyclic) bond motifs is 1. The second-order valence-corrected chi connectivity index (χ2v) is 4.93. The monoisotopic (exact) mass is 244 g/mol. The highest BCUT2D eigenvalue weighted by molar-refractivity contribution is 4.99. The van der Waals surface area contributed by atoms with Gasteiger partial charge in [0.1, 0.15) is 18.3 Å². The van der Waals surface area contributed by atoms with Crippen LogP contribution in [0.25, 0.3) is 0 Å². The maximum Gasteiger partial charge on any atom is 0.186 e. The predicted molar refractivity (Wildman–Crippen MR) is 63.7 cm³/mol. The average Bonchev–Trinajstić information content (AvgIpc) is 3.06. The van der Waals surface area contributed by atoms with Crippen molar-refractivity contribution in [2.75, 3.05) is 13.2 Å². The topological polar surface area (TPSA) is 51.2 Å². The lowest BCUT2D eigenvalue weighted by atomic mass is 10.1. The number of hydrogen-bond acceptors (Lipinski definition) is 4. The summed E-state index contributed by atoms with van der Waals surface area (Å²) < 4.78 is 16.5. The zero-order valence-electron chi connectivity index (χ0n) is 10.6. The Balaban J connectivity index is 1.46. The predicted octanol–water partition coefficient (Wildman–Crippen LogP) is 1.85. The van der Waals surface area contributed by atoms with E-state index >= 15 is 0 Å². The summed E-state index contributed by atoms with van der Waals surface area (Å²) in [6.07, 6.45) is 7.30. The van der Waals surface area contributed by atoms with E-state index in [1.807, 2.05) is 0 Å². The Labute approximate surface area is 103 Å². The Morgan fingerprint density at radius 3 is 2.47 bits per heavy atom. The summed E-state index contributed by atoms with van der Waals surface area (Å²) in [5.41, 5.74) is 0. The van der Waals surface area contributed by atoms with Crippen molar-refractivity contribution in [2.45, 2.75) is 70.1 Å². The minimum atomic E-state index is -0.243. The zero-order chi connectivity index (χ0) is 12.1. The summed E-state index contributed by atoms with van der Waals surface area (Å²) in [7, 11) is 0. The second-order valence-electron chi connectivity index (χ2n) is 4.93. The lowest BCUT2D eigenvalue weighted by Crippen LogP contribution is -2.25. The van der Waals surface area contributed by atoms with Crippen molar-refractivity contribution in [1.82, 2.24) is 0 Å². The Bertz CT molecular complexity index is 221. The van der Waals surface area contributed by atoms with E-state index in [4.69, 9.17) is 19.3 Å². The maximum absolute atomic E-state index is 9.01. The molecule has 0 amide bonds. The fraction of sp³-hybridized carbons (Fsp3) is 1.00. The molecule has 0 saturated carbocycles. The highest BCUT2D eigenvalue weighted by Gasteiger charge is 2.58. The molecule has 0 unspecified atom stereocenters. The molecule has 1 N–H and O–H groups in total. The van der Waals surface area contributed by atoms with Gasteiger partial charge < -0.3 is 19.3 Å². The molecule has 2 rings (SSSR count). The summed E-state index contributed by atoms with van der Waals surface area (Å²) in [5, 5.41) is 9.01. The van der Waals surface area contributed by atoms with Crippen LogP contribution in [0.4, 0.5) is 0 Å². The SMILES string of the molecule is CCCCCCCCO[C@H]1O[C@H](CO)[C@@H]2O[C@H]12. The van der Waals surface area contributed by atoms with Crippen molar-refractivity contribution in [3.63, 3.8) is 0 Å². The summed E-state index contributed by atoms with van der Waals surface area (Å²) in [6, 6.07) is 0. The molecule has 0 aromatic heterocycles. The minimum absolute atomic E-state index is 0.0258.